The van der Waals surface area contributed by atoms with Gasteiger partial charge in [-0.05, 0) is 0 Å². The average molecular weight is 186 g/mol. The molecule has 1 heterocycles. The molecular formula is C6H14N6O. The highest BCUT2D eigenvalue weighted by Crippen LogP contribution is 2.00. The summed E-state index contributed by atoms with van der Waals surface area (Å²) in [7, 11) is 3.56. The van der Waals surface area contributed by atoms with Crippen LogP contribution >= 0.6 is 0 Å². The van der Waals surface area contributed by atoms with Crippen molar-refractivity contribution in [2.75, 3.05) is 19.8 Å². The van der Waals surface area contributed by atoms with Gasteiger partial charge in [0.15, 0.2) is 5.82 Å². The number of carbonyl (C=O) groups excluding carboxylic acids is 1. The normalized spacial score (nSPS) is 9.23. The molecule has 0 aliphatic carbocycles. The summed E-state index contributed by atoms with van der Waals surface area (Å²) in [5.74, 6) is 4.49. The van der Waals surface area contributed by atoms with E-state index in [1.807, 2.05) is 0 Å². The lowest BCUT2D eigenvalue weighted by molar-refractivity contribution is 0.0997. The Bertz CT molecular complexity index is 265. The molecule has 1 rings (SSSR count). The van der Waals surface area contributed by atoms with Crippen LogP contribution < -0.4 is 17.3 Å². The number of hydrogen-bond donors (Lipinski definition) is 4. The highest BCUT2D eigenvalue weighted by atomic mass is 16.1. The van der Waals surface area contributed by atoms with E-state index in [4.69, 9.17) is 17.3 Å². The molecule has 0 aromatic carbocycles. The van der Waals surface area contributed by atoms with Crippen LogP contribution in [0, 0.1) is 0 Å². The minimum absolute atomic E-state index is 0.141. The first-order chi connectivity index (χ1) is 5.95. The smallest absolute Gasteiger partial charge is 0.269 e. The number of hydrazine groups is 1. The zero-order chi connectivity index (χ0) is 10.4. The summed E-state index contributed by atoms with van der Waals surface area (Å²) in [6.07, 6.45) is 1.31. The molecule has 1 amide bonds. The van der Waals surface area contributed by atoms with Gasteiger partial charge in [-0.25, -0.2) is 4.98 Å². The number of nitrogen functional groups attached to an aromatic ring is 1. The molecule has 0 atom stereocenters. The second-order valence-corrected chi connectivity index (χ2v) is 2.49. The first-order valence-corrected chi connectivity index (χ1v) is 3.45. The van der Waals surface area contributed by atoms with Gasteiger partial charge in [0.25, 0.3) is 5.91 Å². The lowest BCUT2D eigenvalue weighted by Crippen LogP contribution is -2.18. The molecule has 74 valence electrons. The van der Waals surface area contributed by atoms with E-state index < -0.39 is 5.91 Å². The van der Waals surface area contributed by atoms with Crippen LogP contribution in [0.4, 0.5) is 5.82 Å². The number of nitrogens with zero attached hydrogens (tertiary/aromatic N) is 2. The number of aromatic nitrogens is 2. The topological polar surface area (TPSA) is 127 Å². The number of nitrogens with two attached hydrogens (primary N) is 3. The van der Waals surface area contributed by atoms with Gasteiger partial charge in [-0.15, -0.1) is 0 Å². The lowest BCUT2D eigenvalue weighted by Gasteiger charge is -1.91. The number of amides is 1. The Kier molecular flexibility index (Phi) is 4.49. The third kappa shape index (κ3) is 4.77. The Morgan fingerprint density at radius 2 is 2.08 bits per heavy atom. The lowest BCUT2D eigenvalue weighted by atomic mass is 10.4. The Labute approximate surface area is 75.9 Å². The minimum Gasteiger partial charge on any atom is -0.382 e. The van der Waals surface area contributed by atoms with E-state index in [1.165, 1.54) is 11.3 Å². The number of nitrogens with one attached hydrogen (secondary N) is 1. The largest absolute Gasteiger partial charge is 0.382 e. The van der Waals surface area contributed by atoms with Crippen LogP contribution in [0.3, 0.4) is 0 Å². The second-order valence-electron chi connectivity index (χ2n) is 2.49. The van der Waals surface area contributed by atoms with E-state index in [-0.39, 0.29) is 11.5 Å². The van der Waals surface area contributed by atoms with Crippen molar-refractivity contribution in [1.29, 1.82) is 0 Å². The van der Waals surface area contributed by atoms with Crippen molar-refractivity contribution in [3.8, 4) is 0 Å². The molecule has 7 nitrogen and oxygen atoms in total. The Morgan fingerprint density at radius 3 is 2.23 bits per heavy atom. The van der Waals surface area contributed by atoms with Gasteiger partial charge in [-0.3, -0.25) is 15.6 Å². The molecule has 13 heavy (non-hydrogen) atoms. The molecule has 0 unspecified atom stereocenters. The van der Waals surface area contributed by atoms with Gasteiger partial charge >= 0.3 is 0 Å². The molecule has 1 aromatic heterocycles. The zero-order valence-electron chi connectivity index (χ0n) is 7.61. The van der Waals surface area contributed by atoms with Gasteiger partial charge in [0.05, 0.1) is 6.33 Å². The first-order valence-electron chi connectivity index (χ1n) is 3.45. The van der Waals surface area contributed by atoms with Crippen LogP contribution in [0.2, 0.25) is 0 Å². The summed E-state index contributed by atoms with van der Waals surface area (Å²) >= 11 is 0. The third-order valence-electron chi connectivity index (χ3n) is 0.915. The van der Waals surface area contributed by atoms with Crippen molar-refractivity contribution in [2.45, 2.75) is 0 Å². The van der Waals surface area contributed by atoms with Crippen molar-refractivity contribution in [3.63, 3.8) is 0 Å². The zero-order valence-corrected chi connectivity index (χ0v) is 7.61. The molecule has 0 aliphatic rings. The monoisotopic (exact) mass is 186 g/mol. The van der Waals surface area contributed by atoms with E-state index in [0.29, 0.717) is 0 Å². The van der Waals surface area contributed by atoms with Gasteiger partial charge in [-0.2, -0.15) is 0 Å². The van der Waals surface area contributed by atoms with E-state index in [0.717, 1.165) is 0 Å². The number of H-pyrrole nitrogens is 1. The van der Waals surface area contributed by atoms with E-state index in [2.05, 4.69) is 9.97 Å². The maximum absolute atomic E-state index is 10.4. The third-order valence-corrected chi connectivity index (χ3v) is 0.915. The summed E-state index contributed by atoms with van der Waals surface area (Å²) in [5.41, 5.74) is 10.2. The molecule has 7 heteroatoms. The standard InChI is InChI=1S/C4H6N4O.C2H8N2/c5-3-2(4(6)9)7-1-8-3;1-4(2)3/h1H,5H2,(H2,6,9)(H,7,8);3H2,1-2H3. The van der Waals surface area contributed by atoms with Crippen molar-refractivity contribution >= 4 is 11.7 Å². The van der Waals surface area contributed by atoms with Gasteiger partial charge in [0.2, 0.25) is 0 Å². The number of carbonyl (C=O) groups is 1. The van der Waals surface area contributed by atoms with E-state index >= 15 is 0 Å². The predicted octanol–water partition coefficient (Wildman–Crippen LogP) is -1.49. The second kappa shape index (κ2) is 5.12. The van der Waals surface area contributed by atoms with Crippen molar-refractivity contribution in [2.24, 2.45) is 11.6 Å². The SMILES string of the molecule is CN(C)N.NC(=O)c1[nH]cnc1N. The maximum Gasteiger partial charge on any atom is 0.269 e. The fraction of sp³-hybridized carbons (Fsp3) is 0.333. The van der Waals surface area contributed by atoms with E-state index in [1.54, 1.807) is 14.1 Å². The molecule has 0 fully saturated rings. The van der Waals surface area contributed by atoms with Crippen molar-refractivity contribution in [1.82, 2.24) is 15.0 Å². The fourth-order valence-corrected chi connectivity index (χ4v) is 0.502. The summed E-state index contributed by atoms with van der Waals surface area (Å²) in [6, 6.07) is 0. The molecule has 0 saturated carbocycles. The Morgan fingerprint density at radius 1 is 1.62 bits per heavy atom. The fourth-order valence-electron chi connectivity index (χ4n) is 0.502. The number of anilines is 1. The molecular weight excluding hydrogens is 172 g/mol. The van der Waals surface area contributed by atoms with Crippen LogP contribution in [-0.2, 0) is 0 Å². The maximum atomic E-state index is 10.4. The van der Waals surface area contributed by atoms with Crippen LogP contribution in [-0.4, -0.2) is 35.0 Å². The Balaban J connectivity index is 0.000000310. The van der Waals surface area contributed by atoms with Crippen LogP contribution in [0.15, 0.2) is 6.33 Å². The quantitative estimate of drug-likeness (QED) is 0.314. The van der Waals surface area contributed by atoms with Crippen LogP contribution in [0.1, 0.15) is 10.5 Å². The molecule has 0 radical (unpaired) electrons. The molecule has 0 spiro atoms. The molecule has 0 bridgehead atoms. The van der Waals surface area contributed by atoms with Gasteiger partial charge in [0, 0.05) is 14.1 Å². The number of primary amides is 1. The number of rotatable bonds is 1. The number of hydrogen-bond acceptors (Lipinski definition) is 5. The molecule has 0 saturated heterocycles. The molecule has 1 aromatic rings. The van der Waals surface area contributed by atoms with Gasteiger partial charge in [0.1, 0.15) is 5.69 Å². The van der Waals surface area contributed by atoms with Gasteiger partial charge < -0.3 is 16.5 Å². The number of aromatic amines is 1. The Hall–Kier alpha value is -1.60. The summed E-state index contributed by atoms with van der Waals surface area (Å²) in [5, 5.41) is 1.50. The average Bonchev–Trinajstić information content (AvgIpc) is 2.33. The van der Waals surface area contributed by atoms with E-state index in [9.17, 15) is 4.79 Å². The highest BCUT2D eigenvalue weighted by molar-refractivity contribution is 5.94. The van der Waals surface area contributed by atoms with Crippen LogP contribution in [0.5, 0.6) is 0 Å². The summed E-state index contributed by atoms with van der Waals surface area (Å²) < 4.78 is 0. The van der Waals surface area contributed by atoms with Crippen molar-refractivity contribution in [3.05, 3.63) is 12.0 Å². The van der Waals surface area contributed by atoms with Crippen LogP contribution in [0.25, 0.3) is 0 Å². The van der Waals surface area contributed by atoms with Crippen molar-refractivity contribution < 1.29 is 4.79 Å². The highest BCUT2D eigenvalue weighted by Gasteiger charge is 2.05. The minimum atomic E-state index is -0.593. The van der Waals surface area contributed by atoms with Gasteiger partial charge in [-0.1, -0.05) is 0 Å². The number of imidazole rings is 1. The molecule has 0 aliphatic heterocycles. The summed E-state index contributed by atoms with van der Waals surface area (Å²) in [6.45, 7) is 0. The summed E-state index contributed by atoms with van der Waals surface area (Å²) in [4.78, 5) is 16.4. The predicted molar refractivity (Wildman–Crippen MR) is 49.4 cm³/mol. The first kappa shape index (κ1) is 11.4. The molecule has 7 N–H and O–H groups in total.